The van der Waals surface area contributed by atoms with E-state index in [0.29, 0.717) is 29.0 Å². The van der Waals surface area contributed by atoms with Gasteiger partial charge in [-0.25, -0.2) is 0 Å². The van der Waals surface area contributed by atoms with Crippen molar-refractivity contribution in [1.82, 2.24) is 19.5 Å². The Morgan fingerprint density at radius 2 is 1.54 bits per heavy atom. The van der Waals surface area contributed by atoms with Crippen molar-refractivity contribution in [3.63, 3.8) is 0 Å². The molecule has 9 aromatic rings. The summed E-state index contributed by atoms with van der Waals surface area (Å²) in [7, 11) is 0. The maximum atomic E-state index is 8.55. The normalized spacial score (nSPS) is 13.3. The van der Waals surface area contributed by atoms with Gasteiger partial charge in [0.15, 0.2) is 0 Å². The quantitative estimate of drug-likeness (QED) is 0.112. The third kappa shape index (κ3) is 8.60. The van der Waals surface area contributed by atoms with Gasteiger partial charge in [0, 0.05) is 47.9 Å². The Morgan fingerprint density at radius 3 is 2.28 bits per heavy atom. The zero-order valence-corrected chi connectivity index (χ0v) is 37.1. The van der Waals surface area contributed by atoms with Crippen LogP contribution in [0.5, 0.6) is 0 Å². The van der Waals surface area contributed by atoms with E-state index in [1.807, 2.05) is 98.9 Å². The molecule has 0 aliphatic carbocycles. The minimum Gasteiger partial charge on any atom is 0 e. The zero-order valence-electron chi connectivity index (χ0n) is 37.6. The van der Waals surface area contributed by atoms with Gasteiger partial charge in [0.25, 0.3) is 0 Å². The topological polar surface area (TPSA) is 56.7 Å². The second-order valence-corrected chi connectivity index (χ2v) is 25.9. The Balaban J connectivity index is 0.000000215. The average Bonchev–Trinajstić information content (AvgIpc) is 3.82. The molecular weight excluding hydrogens is 937 g/mol. The first kappa shape index (κ1) is 34.0. The molecule has 0 aliphatic rings. The zero-order chi connectivity index (χ0) is 43.1. The minimum absolute atomic E-state index is 0. The fourth-order valence-electron chi connectivity index (χ4n) is 6.91. The molecule has 0 fully saturated rings. The molecule has 0 saturated carbocycles. The Morgan fingerprint density at radius 1 is 0.789 bits per heavy atom. The van der Waals surface area contributed by atoms with E-state index in [-0.39, 0.29) is 31.6 Å². The predicted molar refractivity (Wildman–Crippen MR) is 235 cm³/mol. The molecule has 1 radical (unpaired) electrons. The van der Waals surface area contributed by atoms with Crippen LogP contribution in [0.1, 0.15) is 37.4 Å². The van der Waals surface area contributed by atoms with Crippen LogP contribution in [0.25, 0.3) is 66.9 Å². The summed E-state index contributed by atoms with van der Waals surface area (Å²) in [5.74, 6) is 7.58. The number of rotatable bonds is 8. The summed E-state index contributed by atoms with van der Waals surface area (Å²) in [5.41, 5.74) is 9.22. The molecule has 57 heavy (non-hydrogen) atoms. The Kier molecular flexibility index (Phi) is 10.2. The van der Waals surface area contributed by atoms with Crippen LogP contribution < -0.4 is 4.40 Å². The number of pyridine rings is 2. The molecule has 4 aromatic heterocycles. The van der Waals surface area contributed by atoms with Crippen LogP contribution in [0, 0.1) is 24.9 Å². The number of nitrogens with zero attached hydrogens (tertiary/aromatic N) is 4. The van der Waals surface area contributed by atoms with Crippen LogP contribution in [0.4, 0.5) is 0 Å². The molecule has 0 spiro atoms. The standard InChI is InChI=1S/C32H22N3O.C18H24GeN.Ir/c1-21-14-16-23(17-15-21)29-31-25(18-19-33-29)24-10-7-11-26(30(24)36-31)32-34-27-12-5-6-13-28(27)35(32)20-22-8-3-2-4-9-22;1-14(2)11-16-12-17(19(3,4)5)13-20-18(16)15-9-7-6-8-10-15;/h2-10,12-19H,20H2,1H3;6-9,12-14H,11H2,1-5H3;/q2*-1;/i1D3;11D2;. The number of furan rings is 1. The van der Waals surface area contributed by atoms with E-state index in [0.717, 1.165) is 50.0 Å². The van der Waals surface area contributed by atoms with E-state index in [9.17, 15) is 0 Å². The molecule has 5 aromatic carbocycles. The van der Waals surface area contributed by atoms with Crippen LogP contribution in [-0.4, -0.2) is 32.8 Å². The molecule has 0 unspecified atom stereocenters. The van der Waals surface area contributed by atoms with E-state index in [2.05, 4.69) is 68.2 Å². The third-order valence-corrected chi connectivity index (χ3v) is 13.9. The van der Waals surface area contributed by atoms with Crippen LogP contribution in [0.2, 0.25) is 17.3 Å². The van der Waals surface area contributed by atoms with Gasteiger partial charge in [-0.1, -0.05) is 83.2 Å². The molecule has 0 aliphatic heterocycles. The summed E-state index contributed by atoms with van der Waals surface area (Å²) in [4.78, 5) is 14.3. The van der Waals surface area contributed by atoms with E-state index < -0.39 is 26.5 Å². The average molecular weight is 989 g/mol. The van der Waals surface area contributed by atoms with E-state index in [4.69, 9.17) is 16.3 Å². The van der Waals surface area contributed by atoms with Crippen molar-refractivity contribution < 1.29 is 31.4 Å². The number of aryl methyl sites for hydroxylation is 1. The first-order valence-electron chi connectivity index (χ1n) is 21.4. The molecule has 4 heterocycles. The van der Waals surface area contributed by atoms with E-state index in [1.165, 1.54) is 9.96 Å². The largest absolute Gasteiger partial charge is 0 e. The third-order valence-electron chi connectivity index (χ3n) is 9.73. The smallest absolute Gasteiger partial charge is 0 e. The van der Waals surface area contributed by atoms with Crippen molar-refractivity contribution in [2.45, 2.75) is 50.9 Å². The molecule has 287 valence electrons. The molecule has 0 atom stereocenters. The maximum Gasteiger partial charge on any atom is 0 e. The fraction of sp³-hybridized carbons (Fsp3) is 0.180. The number of imidazole rings is 1. The summed E-state index contributed by atoms with van der Waals surface area (Å²) in [6, 6.07) is 47.4. The summed E-state index contributed by atoms with van der Waals surface area (Å²) in [5, 5.41) is 1.87. The number of hydrogen-bond donors (Lipinski definition) is 0. The Labute approximate surface area is 359 Å². The SMILES string of the molecule is [2H]C([2H])([2H])c1ccc(-c2nccc3c2oc2c(-c4nc5ccccc5n4Cc4ccccc4)[c-]ccc23)cc1.[2H]C([2H])(c1c[c]([Ge]([CH3])([CH3])[CH3])cnc1-c1[c-]cccc1)C(C)C.[Ir]. The fourth-order valence-corrected chi connectivity index (χ4v) is 9.07. The van der Waals surface area contributed by atoms with Crippen molar-refractivity contribution >= 4 is 50.6 Å². The number of hydrogen-bond acceptors (Lipinski definition) is 4. The summed E-state index contributed by atoms with van der Waals surface area (Å²) in [6.07, 6.45) is 2.29. The second kappa shape index (κ2) is 17.2. The number of para-hydroxylation sites is 2. The van der Waals surface area contributed by atoms with Crippen molar-refractivity contribution in [3.05, 3.63) is 169 Å². The van der Waals surface area contributed by atoms with Gasteiger partial charge in [-0.05, 0) is 30.6 Å². The van der Waals surface area contributed by atoms with Gasteiger partial charge in [0.1, 0.15) is 11.3 Å². The Hall–Kier alpha value is -5.14. The Bertz CT molecular complexity index is 2980. The molecule has 0 bridgehead atoms. The van der Waals surface area contributed by atoms with Crippen LogP contribution in [0.3, 0.4) is 0 Å². The molecule has 9 rings (SSSR count). The summed E-state index contributed by atoms with van der Waals surface area (Å²) >= 11 is -2.06. The minimum atomic E-state index is -2.16. The molecule has 0 amide bonds. The van der Waals surface area contributed by atoms with Gasteiger partial charge < -0.3 is 8.98 Å². The van der Waals surface area contributed by atoms with Crippen molar-refractivity contribution in [3.8, 4) is 33.9 Å². The van der Waals surface area contributed by atoms with Gasteiger partial charge in [-0.2, -0.15) is 0 Å². The molecule has 7 heteroatoms. The molecule has 0 saturated heterocycles. The van der Waals surface area contributed by atoms with Crippen molar-refractivity contribution in [1.29, 1.82) is 0 Å². The summed E-state index contributed by atoms with van der Waals surface area (Å²) < 4.78 is 50.1. The maximum absolute atomic E-state index is 8.55. The van der Waals surface area contributed by atoms with Gasteiger partial charge in [0.2, 0.25) is 0 Å². The first-order valence-corrected chi connectivity index (χ1v) is 26.3. The summed E-state index contributed by atoms with van der Waals surface area (Å²) in [6.45, 7) is 2.34. The van der Waals surface area contributed by atoms with Crippen LogP contribution in [0.15, 0.2) is 144 Å². The van der Waals surface area contributed by atoms with E-state index >= 15 is 0 Å². The van der Waals surface area contributed by atoms with Gasteiger partial charge >= 0.3 is 128 Å². The molecular formula is C50H46GeIrN4O-2. The van der Waals surface area contributed by atoms with Crippen molar-refractivity contribution in [2.75, 3.05) is 0 Å². The van der Waals surface area contributed by atoms with Crippen molar-refractivity contribution in [2.24, 2.45) is 5.92 Å². The first-order chi connectivity index (χ1) is 29.1. The number of benzene rings is 5. The predicted octanol–water partition coefficient (Wildman–Crippen LogP) is 12.1. The monoisotopic (exact) mass is 990 g/mol. The van der Waals surface area contributed by atoms with Gasteiger partial charge in [-0.3, -0.25) is 9.97 Å². The van der Waals surface area contributed by atoms with Gasteiger partial charge in [-0.15, -0.1) is 18.2 Å². The molecule has 0 N–H and O–H groups in total. The van der Waals surface area contributed by atoms with Gasteiger partial charge in [0.05, 0.1) is 22.4 Å². The number of aromatic nitrogens is 4. The van der Waals surface area contributed by atoms with E-state index in [1.54, 1.807) is 30.5 Å². The number of fused-ring (bicyclic) bond motifs is 4. The molecule has 5 nitrogen and oxygen atoms in total. The van der Waals surface area contributed by atoms with Crippen LogP contribution >= 0.6 is 0 Å². The second-order valence-electron chi connectivity index (χ2n) is 15.3. The van der Waals surface area contributed by atoms with Crippen LogP contribution in [-0.2, 0) is 33.0 Å².